The molecule has 0 unspecified atom stereocenters. The number of hydrogen-bond donors (Lipinski definition) is 0. The van der Waals surface area contributed by atoms with Crippen molar-refractivity contribution in [2.45, 2.75) is 6.92 Å². The van der Waals surface area contributed by atoms with Crippen LogP contribution in [0, 0.1) is 0 Å². The van der Waals surface area contributed by atoms with Gasteiger partial charge in [0.1, 0.15) is 5.69 Å². The molecule has 0 radical (unpaired) electrons. The Labute approximate surface area is 118 Å². The average molecular weight is 273 g/mol. The van der Waals surface area contributed by atoms with Crippen molar-refractivity contribution >= 4 is 11.7 Å². The van der Waals surface area contributed by atoms with Crippen molar-refractivity contribution in [1.29, 1.82) is 0 Å². The Bertz CT molecular complexity index is 603. The van der Waals surface area contributed by atoms with Crippen molar-refractivity contribution in [3.63, 3.8) is 0 Å². The Morgan fingerprint density at radius 3 is 2.50 bits per heavy atom. The number of carbonyl (C=O) groups is 1. The van der Waals surface area contributed by atoms with E-state index in [1.165, 1.54) is 0 Å². The Kier molecular flexibility index (Phi) is 4.08. The van der Waals surface area contributed by atoms with Crippen molar-refractivity contribution in [3.05, 3.63) is 36.0 Å². The second kappa shape index (κ2) is 5.77. The summed E-state index contributed by atoms with van der Waals surface area (Å²) in [6.07, 6.45) is 0. The molecule has 0 saturated heterocycles. The third-order valence-corrected chi connectivity index (χ3v) is 2.99. The van der Waals surface area contributed by atoms with Crippen molar-refractivity contribution < 1.29 is 9.53 Å². The van der Waals surface area contributed by atoms with Gasteiger partial charge in [0.2, 0.25) is 0 Å². The Balaban J connectivity index is 2.60. The molecule has 0 spiro atoms. The fourth-order valence-electron chi connectivity index (χ4n) is 2.16. The summed E-state index contributed by atoms with van der Waals surface area (Å²) in [6, 6.07) is 9.81. The molecule has 2 aromatic rings. The molecule has 0 aliphatic heterocycles. The minimum Gasteiger partial charge on any atom is -0.461 e. The normalized spacial score (nSPS) is 10.4. The lowest BCUT2D eigenvalue weighted by Crippen LogP contribution is -2.17. The van der Waals surface area contributed by atoms with E-state index < -0.39 is 0 Å². The summed E-state index contributed by atoms with van der Waals surface area (Å²) in [5, 5.41) is 4.48. The van der Waals surface area contributed by atoms with Gasteiger partial charge in [-0.25, -0.2) is 4.79 Å². The predicted octanol–water partition coefficient (Wildman–Crippen LogP) is 2.33. The molecule has 106 valence electrons. The van der Waals surface area contributed by atoms with E-state index in [0.717, 1.165) is 16.9 Å². The van der Waals surface area contributed by atoms with E-state index in [1.807, 2.05) is 49.3 Å². The number of anilines is 1. The summed E-state index contributed by atoms with van der Waals surface area (Å²) in [4.78, 5) is 14.0. The van der Waals surface area contributed by atoms with Gasteiger partial charge in [-0.3, -0.25) is 4.68 Å². The minimum atomic E-state index is -0.353. The van der Waals surface area contributed by atoms with Crippen LogP contribution in [0.3, 0.4) is 0 Å². The fourth-order valence-corrected chi connectivity index (χ4v) is 2.16. The molecule has 20 heavy (non-hydrogen) atoms. The minimum absolute atomic E-state index is 0.345. The van der Waals surface area contributed by atoms with E-state index in [0.29, 0.717) is 12.3 Å². The lowest BCUT2D eigenvalue weighted by atomic mass is 10.1. The zero-order valence-corrected chi connectivity index (χ0v) is 12.3. The van der Waals surface area contributed by atoms with Crippen LogP contribution in [-0.2, 0) is 11.8 Å². The van der Waals surface area contributed by atoms with Crippen molar-refractivity contribution in [3.8, 4) is 11.3 Å². The van der Waals surface area contributed by atoms with E-state index >= 15 is 0 Å². The third-order valence-electron chi connectivity index (χ3n) is 2.99. The quantitative estimate of drug-likeness (QED) is 0.802. The van der Waals surface area contributed by atoms with Gasteiger partial charge in [0.15, 0.2) is 5.69 Å². The van der Waals surface area contributed by atoms with Gasteiger partial charge in [0.25, 0.3) is 0 Å². The van der Waals surface area contributed by atoms with Crippen molar-refractivity contribution in [2.24, 2.45) is 7.05 Å². The molecule has 0 aliphatic carbocycles. The Morgan fingerprint density at radius 2 is 1.95 bits per heavy atom. The highest BCUT2D eigenvalue weighted by molar-refractivity contribution is 5.98. The summed E-state index contributed by atoms with van der Waals surface area (Å²) >= 11 is 0. The van der Waals surface area contributed by atoms with Gasteiger partial charge >= 0.3 is 5.97 Å². The molecule has 1 aromatic heterocycles. The highest BCUT2D eigenvalue weighted by Gasteiger charge is 2.25. The highest BCUT2D eigenvalue weighted by atomic mass is 16.5. The second-order valence-corrected chi connectivity index (χ2v) is 4.65. The van der Waals surface area contributed by atoms with Crippen LogP contribution in [-0.4, -0.2) is 36.5 Å². The topological polar surface area (TPSA) is 47.4 Å². The SMILES string of the molecule is CCOC(=O)c1c(N(C)C)c(-c2ccccc2)nn1C. The summed E-state index contributed by atoms with van der Waals surface area (Å²) in [5.41, 5.74) is 3.00. The van der Waals surface area contributed by atoms with Gasteiger partial charge in [0.05, 0.1) is 12.3 Å². The average Bonchev–Trinajstić information content (AvgIpc) is 2.78. The predicted molar refractivity (Wildman–Crippen MR) is 78.9 cm³/mol. The number of carbonyl (C=O) groups excluding carboxylic acids is 1. The van der Waals surface area contributed by atoms with E-state index in [9.17, 15) is 4.79 Å². The maximum Gasteiger partial charge on any atom is 0.358 e. The number of aromatic nitrogens is 2. The maximum absolute atomic E-state index is 12.1. The molecule has 0 fully saturated rings. The van der Waals surface area contributed by atoms with Gasteiger partial charge in [0, 0.05) is 26.7 Å². The molecule has 0 amide bonds. The van der Waals surface area contributed by atoms with Crippen LogP contribution in [0.4, 0.5) is 5.69 Å². The molecule has 1 aromatic carbocycles. The van der Waals surface area contributed by atoms with E-state index in [-0.39, 0.29) is 5.97 Å². The molecule has 0 N–H and O–H groups in total. The van der Waals surface area contributed by atoms with Gasteiger partial charge < -0.3 is 9.64 Å². The van der Waals surface area contributed by atoms with E-state index in [4.69, 9.17) is 4.74 Å². The molecule has 2 rings (SSSR count). The first-order chi connectivity index (χ1) is 9.56. The zero-order chi connectivity index (χ0) is 14.7. The third kappa shape index (κ3) is 2.52. The number of ether oxygens (including phenoxy) is 1. The summed E-state index contributed by atoms with van der Waals surface area (Å²) in [6.45, 7) is 2.14. The van der Waals surface area contributed by atoms with Crippen molar-refractivity contribution in [2.75, 3.05) is 25.6 Å². The largest absolute Gasteiger partial charge is 0.461 e. The van der Waals surface area contributed by atoms with Gasteiger partial charge in [-0.1, -0.05) is 30.3 Å². The van der Waals surface area contributed by atoms with E-state index in [2.05, 4.69) is 5.10 Å². The molecule has 0 aliphatic rings. The van der Waals surface area contributed by atoms with Gasteiger partial charge in [-0.15, -0.1) is 0 Å². The van der Waals surface area contributed by atoms with Gasteiger partial charge in [-0.2, -0.15) is 5.10 Å². The first kappa shape index (κ1) is 14.1. The summed E-state index contributed by atoms with van der Waals surface area (Å²) in [7, 11) is 5.55. The number of rotatable bonds is 4. The van der Waals surface area contributed by atoms with Crippen LogP contribution in [0.15, 0.2) is 30.3 Å². The summed E-state index contributed by atoms with van der Waals surface area (Å²) in [5.74, 6) is -0.353. The Hall–Kier alpha value is -2.30. The number of benzene rings is 1. The second-order valence-electron chi connectivity index (χ2n) is 4.65. The maximum atomic E-state index is 12.1. The molecule has 0 atom stereocenters. The van der Waals surface area contributed by atoms with Gasteiger partial charge in [-0.05, 0) is 6.92 Å². The molecule has 1 heterocycles. The standard InChI is InChI=1S/C15H19N3O2/c1-5-20-15(19)14-13(17(2)3)12(16-18(14)4)11-9-7-6-8-10-11/h6-10H,5H2,1-4H3. The molecular weight excluding hydrogens is 254 g/mol. The molecule has 0 saturated carbocycles. The molecule has 5 heteroatoms. The molecule has 0 bridgehead atoms. The van der Waals surface area contributed by atoms with Crippen LogP contribution in [0.5, 0.6) is 0 Å². The first-order valence-corrected chi connectivity index (χ1v) is 6.53. The van der Waals surface area contributed by atoms with Crippen LogP contribution in [0.1, 0.15) is 17.4 Å². The lowest BCUT2D eigenvalue weighted by Gasteiger charge is -2.14. The van der Waals surface area contributed by atoms with Crippen molar-refractivity contribution in [1.82, 2.24) is 9.78 Å². The number of esters is 1. The lowest BCUT2D eigenvalue weighted by molar-refractivity contribution is 0.0514. The number of nitrogens with zero attached hydrogens (tertiary/aromatic N) is 3. The van der Waals surface area contributed by atoms with E-state index in [1.54, 1.807) is 18.7 Å². The molecular formula is C15H19N3O2. The molecule has 5 nitrogen and oxygen atoms in total. The fraction of sp³-hybridized carbons (Fsp3) is 0.333. The number of aryl methyl sites for hydroxylation is 1. The highest BCUT2D eigenvalue weighted by Crippen LogP contribution is 2.32. The zero-order valence-electron chi connectivity index (χ0n) is 12.3. The van der Waals surface area contributed by atoms with Crippen LogP contribution in [0.2, 0.25) is 0 Å². The summed E-state index contributed by atoms with van der Waals surface area (Å²) < 4.78 is 6.70. The van der Waals surface area contributed by atoms with Crippen LogP contribution in [0.25, 0.3) is 11.3 Å². The monoisotopic (exact) mass is 273 g/mol. The first-order valence-electron chi connectivity index (χ1n) is 6.53. The van der Waals surface area contributed by atoms with Crippen LogP contribution >= 0.6 is 0 Å². The smallest absolute Gasteiger partial charge is 0.358 e. The number of hydrogen-bond acceptors (Lipinski definition) is 4. The van der Waals surface area contributed by atoms with Crippen LogP contribution < -0.4 is 4.90 Å². The Morgan fingerprint density at radius 1 is 1.30 bits per heavy atom.